The van der Waals surface area contributed by atoms with Crippen molar-refractivity contribution in [1.82, 2.24) is 0 Å². The SMILES string of the molecule is CCCc1cc(CCC)c(S(=O)(=O)O[C@H](CCCO[Si](C)(C)C(C)(C)C)C[C@@H](C)Br)c(CCC)c1. The van der Waals surface area contributed by atoms with Gasteiger partial charge in [0.1, 0.15) is 4.90 Å². The summed E-state index contributed by atoms with van der Waals surface area (Å²) in [4.78, 5) is 0.590. The average molecular weight is 592 g/mol. The predicted octanol–water partition coefficient (Wildman–Crippen LogP) is 8.59. The molecule has 1 aromatic rings. The van der Waals surface area contributed by atoms with E-state index >= 15 is 0 Å². The first-order valence-corrected chi connectivity index (χ1v) is 18.8. The van der Waals surface area contributed by atoms with Gasteiger partial charge in [0.2, 0.25) is 0 Å². The van der Waals surface area contributed by atoms with Gasteiger partial charge in [-0.1, -0.05) is 95.8 Å². The Morgan fingerprint density at radius 1 is 0.971 bits per heavy atom. The van der Waals surface area contributed by atoms with Crippen LogP contribution >= 0.6 is 15.9 Å². The minimum absolute atomic E-state index is 0.159. The summed E-state index contributed by atoms with van der Waals surface area (Å²) in [7, 11) is -5.71. The van der Waals surface area contributed by atoms with Gasteiger partial charge in [0.05, 0.1) is 6.10 Å². The van der Waals surface area contributed by atoms with Crippen molar-refractivity contribution in [2.45, 2.75) is 140 Å². The zero-order valence-electron chi connectivity index (χ0n) is 23.8. The molecule has 204 valence electrons. The maximum atomic E-state index is 13.7. The van der Waals surface area contributed by atoms with Crippen LogP contribution in [0.1, 0.15) is 104 Å². The van der Waals surface area contributed by atoms with Crippen LogP contribution in [-0.2, 0) is 38.0 Å². The number of aryl methyl sites for hydroxylation is 3. The molecule has 0 amide bonds. The van der Waals surface area contributed by atoms with Crippen molar-refractivity contribution < 1.29 is 17.0 Å². The third-order valence-electron chi connectivity index (χ3n) is 6.92. The number of benzene rings is 1. The van der Waals surface area contributed by atoms with Gasteiger partial charge in [-0.05, 0) is 73.3 Å². The van der Waals surface area contributed by atoms with Crippen LogP contribution in [-0.4, -0.2) is 34.3 Å². The van der Waals surface area contributed by atoms with Gasteiger partial charge in [0.25, 0.3) is 10.1 Å². The molecular formula is C28H51BrO4SSi. The van der Waals surface area contributed by atoms with E-state index in [0.29, 0.717) is 24.3 Å². The summed E-state index contributed by atoms with van der Waals surface area (Å²) in [5.74, 6) is 0. The lowest BCUT2D eigenvalue weighted by molar-refractivity contribution is 0.172. The van der Waals surface area contributed by atoms with Crippen LogP contribution in [0.3, 0.4) is 0 Å². The second kappa shape index (κ2) is 14.7. The normalized spacial score (nSPS) is 14.8. The van der Waals surface area contributed by atoms with Crippen molar-refractivity contribution in [2.24, 2.45) is 0 Å². The van der Waals surface area contributed by atoms with E-state index in [0.717, 1.165) is 56.1 Å². The van der Waals surface area contributed by atoms with Crippen LogP contribution in [0.15, 0.2) is 17.0 Å². The monoisotopic (exact) mass is 590 g/mol. The molecule has 35 heavy (non-hydrogen) atoms. The second-order valence-corrected chi connectivity index (χ2v) is 19.3. The molecule has 0 N–H and O–H groups in total. The Labute approximate surface area is 226 Å². The van der Waals surface area contributed by atoms with Crippen molar-refractivity contribution in [2.75, 3.05) is 6.61 Å². The van der Waals surface area contributed by atoms with Crippen molar-refractivity contribution in [3.05, 3.63) is 28.8 Å². The van der Waals surface area contributed by atoms with Crippen LogP contribution in [0.2, 0.25) is 18.1 Å². The van der Waals surface area contributed by atoms with Gasteiger partial charge in [0.15, 0.2) is 8.32 Å². The molecule has 4 nitrogen and oxygen atoms in total. The molecule has 0 aliphatic carbocycles. The smallest absolute Gasteiger partial charge is 0.297 e. The quantitative estimate of drug-likeness (QED) is 0.0836. The first-order valence-electron chi connectivity index (χ1n) is 13.5. The minimum atomic E-state index is -3.88. The van der Waals surface area contributed by atoms with E-state index in [1.165, 1.54) is 5.56 Å². The molecule has 0 heterocycles. The van der Waals surface area contributed by atoms with Crippen molar-refractivity contribution in [3.8, 4) is 0 Å². The summed E-state index contributed by atoms with van der Waals surface area (Å²) >= 11 is 3.61. The molecule has 1 rings (SSSR count). The molecule has 0 fully saturated rings. The van der Waals surface area contributed by atoms with Gasteiger partial charge in [-0.2, -0.15) is 8.42 Å². The van der Waals surface area contributed by atoms with Gasteiger partial charge in [-0.15, -0.1) is 0 Å². The fraction of sp³-hybridized carbons (Fsp3) is 0.786. The summed E-state index contributed by atoms with van der Waals surface area (Å²) in [5.41, 5.74) is 3.05. The van der Waals surface area contributed by atoms with Gasteiger partial charge in [-0.3, -0.25) is 4.18 Å². The molecule has 0 aromatic heterocycles. The minimum Gasteiger partial charge on any atom is -0.417 e. The molecule has 0 saturated carbocycles. The Hall–Kier alpha value is -0.213. The maximum absolute atomic E-state index is 13.7. The van der Waals surface area contributed by atoms with Crippen molar-refractivity contribution >= 4 is 34.4 Å². The standard InChI is InChI=1S/C28H51BrO4SSi/c1-10-14-23-20-24(15-11-2)27(25(21-23)16-12-3)34(30,31)33-26(19-22(4)29)17-13-18-32-35(8,9)28(5,6)7/h20-22,26H,10-19H2,1-9H3/t22-,26-/m1/s1. The molecular weight excluding hydrogens is 540 g/mol. The highest BCUT2D eigenvalue weighted by Gasteiger charge is 2.37. The molecule has 0 aliphatic rings. The van der Waals surface area contributed by atoms with E-state index in [2.05, 4.69) is 82.7 Å². The van der Waals surface area contributed by atoms with Crippen molar-refractivity contribution in [1.29, 1.82) is 0 Å². The largest absolute Gasteiger partial charge is 0.417 e. The van der Waals surface area contributed by atoms with E-state index < -0.39 is 18.4 Å². The number of hydrogen-bond acceptors (Lipinski definition) is 4. The zero-order valence-corrected chi connectivity index (χ0v) is 27.2. The maximum Gasteiger partial charge on any atom is 0.297 e. The fourth-order valence-corrected chi connectivity index (χ4v) is 7.24. The molecule has 0 radical (unpaired) electrons. The fourth-order valence-electron chi connectivity index (χ4n) is 4.14. The highest BCUT2D eigenvalue weighted by Crippen LogP contribution is 2.37. The predicted molar refractivity (Wildman–Crippen MR) is 156 cm³/mol. The number of alkyl halides is 1. The molecule has 0 unspecified atom stereocenters. The summed E-state index contributed by atoms with van der Waals surface area (Å²) < 4.78 is 39.8. The Morgan fingerprint density at radius 3 is 1.91 bits per heavy atom. The first-order chi connectivity index (χ1) is 16.2. The molecule has 7 heteroatoms. The molecule has 2 atom stereocenters. The Bertz CT molecular complexity index is 848. The lowest BCUT2D eigenvalue weighted by atomic mass is 9.97. The summed E-state index contributed by atoms with van der Waals surface area (Å²) in [6.07, 6.45) is 6.99. The number of rotatable bonds is 16. The second-order valence-electron chi connectivity index (χ2n) is 11.4. The summed E-state index contributed by atoms with van der Waals surface area (Å²) in [5, 5.41) is 0.159. The van der Waals surface area contributed by atoms with Crippen molar-refractivity contribution in [3.63, 3.8) is 0 Å². The van der Waals surface area contributed by atoms with Crippen LogP contribution in [0.5, 0.6) is 0 Å². The molecule has 0 bridgehead atoms. The molecule has 0 aliphatic heterocycles. The van der Waals surface area contributed by atoms with Crippen LogP contribution < -0.4 is 0 Å². The molecule has 0 saturated heterocycles. The Morgan fingerprint density at radius 2 is 1.49 bits per heavy atom. The van der Waals surface area contributed by atoms with Crippen LogP contribution in [0.4, 0.5) is 0 Å². The third-order valence-corrected chi connectivity index (χ3v) is 13.4. The highest BCUT2D eigenvalue weighted by atomic mass is 79.9. The molecule has 1 aromatic carbocycles. The summed E-state index contributed by atoms with van der Waals surface area (Å²) in [6, 6.07) is 4.19. The van der Waals surface area contributed by atoms with Crippen LogP contribution in [0.25, 0.3) is 0 Å². The third kappa shape index (κ3) is 10.6. The molecule has 0 spiro atoms. The Kier molecular flexibility index (Phi) is 13.7. The lowest BCUT2D eigenvalue weighted by Gasteiger charge is -2.36. The van der Waals surface area contributed by atoms with Gasteiger partial charge < -0.3 is 4.43 Å². The average Bonchev–Trinajstić information content (AvgIpc) is 2.70. The van der Waals surface area contributed by atoms with Crippen LogP contribution in [0, 0.1) is 0 Å². The first kappa shape index (κ1) is 32.8. The van der Waals surface area contributed by atoms with E-state index in [-0.39, 0.29) is 16.0 Å². The van der Waals surface area contributed by atoms with E-state index in [1.807, 2.05) is 6.92 Å². The van der Waals surface area contributed by atoms with Gasteiger partial charge in [-0.25, -0.2) is 0 Å². The Balaban J connectivity index is 3.17. The highest BCUT2D eigenvalue weighted by molar-refractivity contribution is 9.09. The van der Waals surface area contributed by atoms with E-state index in [4.69, 9.17) is 8.61 Å². The summed E-state index contributed by atoms with van der Waals surface area (Å²) in [6.45, 7) is 20.2. The number of halogens is 1. The zero-order chi connectivity index (χ0) is 26.9. The topological polar surface area (TPSA) is 52.6 Å². The van der Waals surface area contributed by atoms with Gasteiger partial charge >= 0.3 is 0 Å². The van der Waals surface area contributed by atoms with E-state index in [1.54, 1.807) is 0 Å². The van der Waals surface area contributed by atoms with E-state index in [9.17, 15) is 8.42 Å². The lowest BCUT2D eigenvalue weighted by Crippen LogP contribution is -2.41. The number of hydrogen-bond donors (Lipinski definition) is 0. The van der Waals surface area contributed by atoms with Gasteiger partial charge in [0, 0.05) is 11.4 Å².